The summed E-state index contributed by atoms with van der Waals surface area (Å²) in [5.74, 6) is 0.159. The standard InChI is InChI=1S/C16H19N5O4/c1-11(22)17-9-12-5-4-7-19(10-12)15-14(21(24)25)16(23)20-8-3-2-6-13(20)18-15/h2-3,6,8,12H,4-5,7,9-10H2,1H3,(H,17,22). The molecule has 1 N–H and O–H groups in total. The van der Waals surface area contributed by atoms with Gasteiger partial charge in [0.2, 0.25) is 11.7 Å². The van der Waals surface area contributed by atoms with Crippen LogP contribution in [0.3, 0.4) is 0 Å². The Hall–Kier alpha value is -2.97. The molecule has 9 nitrogen and oxygen atoms in total. The van der Waals surface area contributed by atoms with Crippen LogP contribution < -0.4 is 15.8 Å². The van der Waals surface area contributed by atoms with Crippen molar-refractivity contribution in [2.45, 2.75) is 19.8 Å². The maximum Gasteiger partial charge on any atom is 0.376 e. The number of aromatic nitrogens is 2. The zero-order valence-corrected chi connectivity index (χ0v) is 13.8. The minimum Gasteiger partial charge on any atom is -0.356 e. The molecular weight excluding hydrogens is 326 g/mol. The number of hydrogen-bond acceptors (Lipinski definition) is 6. The molecule has 25 heavy (non-hydrogen) atoms. The van der Waals surface area contributed by atoms with Crippen LogP contribution in [0.4, 0.5) is 11.5 Å². The van der Waals surface area contributed by atoms with Gasteiger partial charge < -0.3 is 10.2 Å². The molecule has 0 radical (unpaired) electrons. The van der Waals surface area contributed by atoms with Crippen LogP contribution >= 0.6 is 0 Å². The first-order valence-electron chi connectivity index (χ1n) is 8.12. The van der Waals surface area contributed by atoms with Crippen molar-refractivity contribution < 1.29 is 9.72 Å². The number of pyridine rings is 1. The molecular formula is C16H19N5O4. The average molecular weight is 345 g/mol. The zero-order valence-electron chi connectivity index (χ0n) is 13.8. The molecule has 0 spiro atoms. The highest BCUT2D eigenvalue weighted by Crippen LogP contribution is 2.27. The lowest BCUT2D eigenvalue weighted by Gasteiger charge is -2.33. The van der Waals surface area contributed by atoms with E-state index in [2.05, 4.69) is 10.3 Å². The van der Waals surface area contributed by atoms with Crippen molar-refractivity contribution >= 4 is 23.1 Å². The zero-order chi connectivity index (χ0) is 18.0. The van der Waals surface area contributed by atoms with E-state index in [1.165, 1.54) is 17.5 Å². The average Bonchev–Trinajstić information content (AvgIpc) is 2.59. The number of nitrogens with one attached hydrogen (secondary N) is 1. The van der Waals surface area contributed by atoms with Gasteiger partial charge in [-0.05, 0) is 30.9 Å². The summed E-state index contributed by atoms with van der Waals surface area (Å²) in [5, 5.41) is 14.3. The smallest absolute Gasteiger partial charge is 0.356 e. The molecule has 0 aliphatic carbocycles. The summed E-state index contributed by atoms with van der Waals surface area (Å²) in [6.45, 7) is 3.06. The maximum atomic E-state index is 12.5. The largest absolute Gasteiger partial charge is 0.376 e. The predicted molar refractivity (Wildman–Crippen MR) is 91.7 cm³/mol. The molecule has 3 rings (SSSR count). The molecule has 9 heteroatoms. The molecule has 2 aromatic rings. The maximum absolute atomic E-state index is 12.5. The normalized spacial score (nSPS) is 17.5. The van der Waals surface area contributed by atoms with Crippen LogP contribution in [-0.4, -0.2) is 39.8 Å². The van der Waals surface area contributed by atoms with Crippen molar-refractivity contribution in [1.29, 1.82) is 0 Å². The first kappa shape index (κ1) is 16.9. The first-order chi connectivity index (χ1) is 12.0. The molecule has 1 aliphatic rings. The second-order valence-electron chi connectivity index (χ2n) is 6.17. The van der Waals surface area contributed by atoms with Gasteiger partial charge in [0.1, 0.15) is 5.65 Å². The van der Waals surface area contributed by atoms with Gasteiger partial charge in [0.25, 0.3) is 0 Å². The molecule has 0 saturated carbocycles. The van der Waals surface area contributed by atoms with Crippen molar-refractivity contribution in [1.82, 2.24) is 14.7 Å². The number of fused-ring (bicyclic) bond motifs is 1. The molecule has 0 bridgehead atoms. The minimum atomic E-state index is -0.686. The Morgan fingerprint density at radius 3 is 3.00 bits per heavy atom. The van der Waals surface area contributed by atoms with Crippen LogP contribution in [0.2, 0.25) is 0 Å². The summed E-state index contributed by atoms with van der Waals surface area (Å²) in [5.41, 5.74) is -0.824. The molecule has 2 aromatic heterocycles. The van der Waals surface area contributed by atoms with Crippen molar-refractivity contribution in [2.75, 3.05) is 24.5 Å². The summed E-state index contributed by atoms with van der Waals surface area (Å²) < 4.78 is 1.18. The fraction of sp³-hybridized carbons (Fsp3) is 0.438. The Balaban J connectivity index is 1.99. The van der Waals surface area contributed by atoms with Gasteiger partial charge in [0, 0.05) is 32.8 Å². The molecule has 1 saturated heterocycles. The van der Waals surface area contributed by atoms with Gasteiger partial charge in [-0.15, -0.1) is 0 Å². The molecule has 1 aliphatic heterocycles. The SMILES string of the molecule is CC(=O)NCC1CCCN(c2nc3ccccn3c(=O)c2[N+](=O)[O-])C1. The van der Waals surface area contributed by atoms with Gasteiger partial charge in [-0.2, -0.15) is 0 Å². The van der Waals surface area contributed by atoms with E-state index in [0.717, 1.165) is 12.8 Å². The van der Waals surface area contributed by atoms with E-state index in [1.54, 1.807) is 23.1 Å². The van der Waals surface area contributed by atoms with E-state index < -0.39 is 16.2 Å². The van der Waals surface area contributed by atoms with Crippen molar-refractivity contribution in [3.63, 3.8) is 0 Å². The number of nitro groups is 1. The number of anilines is 1. The highest BCUT2D eigenvalue weighted by molar-refractivity contribution is 5.72. The van der Waals surface area contributed by atoms with E-state index in [1.807, 2.05) is 0 Å². The first-order valence-corrected chi connectivity index (χ1v) is 8.12. The topological polar surface area (TPSA) is 110 Å². The van der Waals surface area contributed by atoms with Crippen LogP contribution in [0, 0.1) is 16.0 Å². The number of amides is 1. The Kier molecular flexibility index (Phi) is 4.64. The summed E-state index contributed by atoms with van der Waals surface area (Å²) in [4.78, 5) is 40.6. The lowest BCUT2D eigenvalue weighted by Crippen LogP contribution is -2.42. The van der Waals surface area contributed by atoms with E-state index in [-0.39, 0.29) is 17.6 Å². The molecule has 1 unspecified atom stereocenters. The summed E-state index contributed by atoms with van der Waals surface area (Å²) in [6.07, 6.45) is 3.20. The summed E-state index contributed by atoms with van der Waals surface area (Å²) in [7, 11) is 0. The van der Waals surface area contributed by atoms with Gasteiger partial charge in [0.05, 0.1) is 4.92 Å². The number of nitrogens with zero attached hydrogens (tertiary/aromatic N) is 4. The predicted octanol–water partition coefficient (Wildman–Crippen LogP) is 0.955. The van der Waals surface area contributed by atoms with Gasteiger partial charge >= 0.3 is 11.2 Å². The highest BCUT2D eigenvalue weighted by atomic mass is 16.6. The van der Waals surface area contributed by atoms with Gasteiger partial charge in [-0.3, -0.25) is 24.1 Å². The fourth-order valence-electron chi connectivity index (χ4n) is 3.16. The Morgan fingerprint density at radius 1 is 1.48 bits per heavy atom. The Morgan fingerprint density at radius 2 is 2.28 bits per heavy atom. The number of hydrogen-bond donors (Lipinski definition) is 1. The van der Waals surface area contributed by atoms with Crippen LogP contribution in [0.5, 0.6) is 0 Å². The molecule has 3 heterocycles. The van der Waals surface area contributed by atoms with E-state index in [4.69, 9.17) is 0 Å². The minimum absolute atomic E-state index is 0.105. The number of piperidine rings is 1. The van der Waals surface area contributed by atoms with E-state index in [9.17, 15) is 19.7 Å². The lowest BCUT2D eigenvalue weighted by molar-refractivity contribution is -0.385. The second kappa shape index (κ2) is 6.88. The van der Waals surface area contributed by atoms with E-state index >= 15 is 0 Å². The molecule has 1 fully saturated rings. The molecule has 1 atom stereocenters. The third-order valence-corrected chi connectivity index (χ3v) is 4.33. The van der Waals surface area contributed by atoms with Gasteiger partial charge in [-0.1, -0.05) is 6.07 Å². The molecule has 132 valence electrons. The van der Waals surface area contributed by atoms with Crippen LogP contribution in [0.25, 0.3) is 5.65 Å². The third kappa shape index (κ3) is 3.44. The number of carbonyl (C=O) groups is 1. The fourth-order valence-corrected chi connectivity index (χ4v) is 3.16. The molecule has 0 aromatic carbocycles. The van der Waals surface area contributed by atoms with Gasteiger partial charge in [-0.25, -0.2) is 4.98 Å². The van der Waals surface area contributed by atoms with Gasteiger partial charge in [0.15, 0.2) is 0 Å². The third-order valence-electron chi connectivity index (χ3n) is 4.33. The number of carbonyl (C=O) groups excluding carboxylic acids is 1. The lowest BCUT2D eigenvalue weighted by atomic mass is 9.98. The van der Waals surface area contributed by atoms with Crippen molar-refractivity contribution in [3.8, 4) is 0 Å². The van der Waals surface area contributed by atoms with Crippen LogP contribution in [-0.2, 0) is 4.79 Å². The Bertz CT molecular complexity index is 878. The van der Waals surface area contributed by atoms with Crippen molar-refractivity contribution in [3.05, 3.63) is 44.9 Å². The Labute approximate surface area is 143 Å². The summed E-state index contributed by atoms with van der Waals surface area (Å²) in [6, 6.07) is 5.00. The highest BCUT2D eigenvalue weighted by Gasteiger charge is 2.30. The molecule has 1 amide bonds. The monoisotopic (exact) mass is 345 g/mol. The van der Waals surface area contributed by atoms with E-state index in [0.29, 0.717) is 25.3 Å². The summed E-state index contributed by atoms with van der Waals surface area (Å²) >= 11 is 0. The quantitative estimate of drug-likeness (QED) is 0.653. The van der Waals surface area contributed by atoms with Crippen LogP contribution in [0.1, 0.15) is 19.8 Å². The van der Waals surface area contributed by atoms with Crippen molar-refractivity contribution in [2.24, 2.45) is 5.92 Å². The number of rotatable bonds is 4. The van der Waals surface area contributed by atoms with Crippen LogP contribution in [0.15, 0.2) is 29.2 Å². The second-order valence-corrected chi connectivity index (χ2v) is 6.17.